The second-order valence-corrected chi connectivity index (χ2v) is 5.70. The summed E-state index contributed by atoms with van der Waals surface area (Å²) < 4.78 is 7.52. The summed E-state index contributed by atoms with van der Waals surface area (Å²) in [6.07, 6.45) is 1.17. The summed E-state index contributed by atoms with van der Waals surface area (Å²) in [5.74, 6) is -0.119. The molecule has 20 heavy (non-hydrogen) atoms. The Kier molecular flexibility index (Phi) is 3.30. The Morgan fingerprint density at radius 1 is 1.65 bits per heavy atom. The average molecular weight is 279 g/mol. The molecule has 3 heterocycles. The summed E-state index contributed by atoms with van der Waals surface area (Å²) in [7, 11) is 0. The first-order valence-electron chi connectivity index (χ1n) is 7.21. The molecule has 0 unspecified atom stereocenters. The third-order valence-corrected chi connectivity index (χ3v) is 4.38. The maximum atomic E-state index is 12.5. The number of aliphatic hydroxyl groups is 1. The number of aromatic nitrogens is 2. The first-order chi connectivity index (χ1) is 9.55. The lowest BCUT2D eigenvalue weighted by Crippen LogP contribution is -2.41. The first kappa shape index (κ1) is 13.6. The predicted octanol–water partition coefficient (Wildman–Crippen LogP) is 0.577. The Morgan fingerprint density at radius 3 is 3.05 bits per heavy atom. The van der Waals surface area contributed by atoms with E-state index in [1.54, 1.807) is 11.0 Å². The van der Waals surface area contributed by atoms with Crippen LogP contribution in [0.1, 0.15) is 35.9 Å². The molecule has 1 aromatic heterocycles. The van der Waals surface area contributed by atoms with E-state index in [1.165, 1.54) is 0 Å². The van der Waals surface area contributed by atoms with E-state index in [1.807, 2.05) is 18.5 Å². The summed E-state index contributed by atoms with van der Waals surface area (Å²) in [5, 5.41) is 14.5. The number of aliphatic hydroxyl groups excluding tert-OH is 1. The van der Waals surface area contributed by atoms with Crippen molar-refractivity contribution in [3.63, 3.8) is 0 Å². The Balaban J connectivity index is 1.78. The highest BCUT2D eigenvalue weighted by atomic mass is 16.5. The number of carbonyl (C=O) groups is 1. The van der Waals surface area contributed by atoms with Gasteiger partial charge in [0.25, 0.3) is 5.91 Å². The van der Waals surface area contributed by atoms with E-state index in [9.17, 15) is 9.90 Å². The number of hydrogen-bond acceptors (Lipinski definition) is 4. The van der Waals surface area contributed by atoms with Crippen LogP contribution in [0.5, 0.6) is 0 Å². The van der Waals surface area contributed by atoms with E-state index < -0.39 is 11.7 Å². The zero-order valence-electron chi connectivity index (χ0n) is 12.0. The van der Waals surface area contributed by atoms with Crippen LogP contribution in [-0.2, 0) is 11.3 Å². The SMILES string of the molecule is CCn1nc(C(=O)N2C[C@H](O)[C@]3(CCCO3)C2)cc1C. The van der Waals surface area contributed by atoms with Crippen molar-refractivity contribution < 1.29 is 14.6 Å². The molecule has 2 aliphatic rings. The standard InChI is InChI=1S/C14H21N3O3/c1-3-17-10(2)7-11(15-17)13(19)16-8-12(18)14(9-16)5-4-6-20-14/h7,12,18H,3-6,8-9H2,1-2H3/t12-,14-/m0/s1. The Bertz CT molecular complexity index is 520. The van der Waals surface area contributed by atoms with E-state index in [0.717, 1.165) is 25.1 Å². The van der Waals surface area contributed by atoms with Crippen molar-refractivity contribution in [1.82, 2.24) is 14.7 Å². The monoisotopic (exact) mass is 279 g/mol. The molecule has 6 nitrogen and oxygen atoms in total. The molecule has 1 amide bonds. The molecule has 3 rings (SSSR count). The van der Waals surface area contributed by atoms with Crippen molar-refractivity contribution >= 4 is 5.91 Å². The number of nitrogens with zero attached hydrogens (tertiary/aromatic N) is 3. The molecule has 2 saturated heterocycles. The summed E-state index contributed by atoms with van der Waals surface area (Å²) in [5.41, 5.74) is 0.881. The van der Waals surface area contributed by atoms with Crippen molar-refractivity contribution in [1.29, 1.82) is 0 Å². The van der Waals surface area contributed by atoms with E-state index in [4.69, 9.17) is 4.74 Å². The van der Waals surface area contributed by atoms with Gasteiger partial charge in [-0.3, -0.25) is 9.48 Å². The fraction of sp³-hybridized carbons (Fsp3) is 0.714. The maximum absolute atomic E-state index is 12.5. The second-order valence-electron chi connectivity index (χ2n) is 5.70. The van der Waals surface area contributed by atoms with Crippen molar-refractivity contribution in [2.24, 2.45) is 0 Å². The van der Waals surface area contributed by atoms with E-state index >= 15 is 0 Å². The Labute approximate surface area is 118 Å². The average Bonchev–Trinajstić information content (AvgIpc) is 3.11. The number of aryl methyl sites for hydroxylation is 2. The molecule has 0 aliphatic carbocycles. The fourth-order valence-corrected chi connectivity index (χ4v) is 3.23. The lowest BCUT2D eigenvalue weighted by Gasteiger charge is -2.25. The Morgan fingerprint density at radius 2 is 2.45 bits per heavy atom. The van der Waals surface area contributed by atoms with E-state index in [2.05, 4.69) is 5.10 Å². The third-order valence-electron chi connectivity index (χ3n) is 4.38. The quantitative estimate of drug-likeness (QED) is 0.860. The van der Waals surface area contributed by atoms with Crippen molar-refractivity contribution in [3.05, 3.63) is 17.5 Å². The molecule has 0 aromatic carbocycles. The predicted molar refractivity (Wildman–Crippen MR) is 72.5 cm³/mol. The first-order valence-corrected chi connectivity index (χ1v) is 7.21. The van der Waals surface area contributed by atoms with Gasteiger partial charge < -0.3 is 14.7 Å². The number of ether oxygens (including phenoxy) is 1. The van der Waals surface area contributed by atoms with Crippen LogP contribution in [0, 0.1) is 6.92 Å². The highest BCUT2D eigenvalue weighted by molar-refractivity contribution is 5.92. The molecule has 1 N–H and O–H groups in total. The van der Waals surface area contributed by atoms with Gasteiger partial charge in [-0.2, -0.15) is 5.10 Å². The van der Waals surface area contributed by atoms with Gasteiger partial charge in [0.1, 0.15) is 11.7 Å². The number of rotatable bonds is 2. The molecular formula is C14H21N3O3. The van der Waals surface area contributed by atoms with Gasteiger partial charge in [-0.05, 0) is 32.8 Å². The maximum Gasteiger partial charge on any atom is 0.274 e. The number of carbonyl (C=O) groups excluding carboxylic acids is 1. The molecular weight excluding hydrogens is 258 g/mol. The highest BCUT2D eigenvalue weighted by Crippen LogP contribution is 2.35. The van der Waals surface area contributed by atoms with Crippen LogP contribution in [0.4, 0.5) is 0 Å². The van der Waals surface area contributed by atoms with Gasteiger partial charge in [0.2, 0.25) is 0 Å². The van der Waals surface area contributed by atoms with Gasteiger partial charge in [-0.1, -0.05) is 0 Å². The number of likely N-dealkylation sites (tertiary alicyclic amines) is 1. The van der Waals surface area contributed by atoms with Gasteiger partial charge >= 0.3 is 0 Å². The molecule has 2 atom stereocenters. The van der Waals surface area contributed by atoms with Crippen LogP contribution in [0.25, 0.3) is 0 Å². The molecule has 0 bridgehead atoms. The molecule has 0 saturated carbocycles. The third kappa shape index (κ3) is 2.03. The topological polar surface area (TPSA) is 67.6 Å². The zero-order chi connectivity index (χ0) is 14.3. The van der Waals surface area contributed by atoms with Crippen molar-refractivity contribution in [2.45, 2.75) is 44.9 Å². The molecule has 2 fully saturated rings. The van der Waals surface area contributed by atoms with Gasteiger partial charge in [0.15, 0.2) is 5.69 Å². The molecule has 1 spiro atoms. The minimum Gasteiger partial charge on any atom is -0.388 e. The molecule has 6 heteroatoms. The summed E-state index contributed by atoms with van der Waals surface area (Å²) in [6.45, 7) is 6.14. The number of hydrogen-bond donors (Lipinski definition) is 1. The highest BCUT2D eigenvalue weighted by Gasteiger charge is 2.50. The van der Waals surface area contributed by atoms with Crippen molar-refractivity contribution in [2.75, 3.05) is 19.7 Å². The fourth-order valence-electron chi connectivity index (χ4n) is 3.23. The molecule has 110 valence electrons. The molecule has 1 aromatic rings. The van der Waals surface area contributed by atoms with Crippen LogP contribution in [0.15, 0.2) is 6.07 Å². The summed E-state index contributed by atoms with van der Waals surface area (Å²) in [4.78, 5) is 14.2. The summed E-state index contributed by atoms with van der Waals surface area (Å²) >= 11 is 0. The second kappa shape index (κ2) is 4.86. The van der Waals surface area contributed by atoms with Crippen molar-refractivity contribution in [3.8, 4) is 0 Å². The van der Waals surface area contributed by atoms with Crippen LogP contribution in [0.3, 0.4) is 0 Å². The van der Waals surface area contributed by atoms with Crippen LogP contribution in [0.2, 0.25) is 0 Å². The lowest BCUT2D eigenvalue weighted by atomic mass is 9.97. The molecule has 0 radical (unpaired) electrons. The van der Waals surface area contributed by atoms with E-state index in [0.29, 0.717) is 25.4 Å². The minimum absolute atomic E-state index is 0.119. The number of β-amino-alcohol motifs (C(OH)–C–C–N with tert-alkyl or cyclic N) is 1. The van der Waals surface area contributed by atoms with Crippen LogP contribution < -0.4 is 0 Å². The largest absolute Gasteiger partial charge is 0.388 e. The van der Waals surface area contributed by atoms with Gasteiger partial charge in [0.05, 0.1) is 6.54 Å². The van der Waals surface area contributed by atoms with Gasteiger partial charge in [-0.25, -0.2) is 0 Å². The van der Waals surface area contributed by atoms with E-state index in [-0.39, 0.29) is 5.91 Å². The smallest absolute Gasteiger partial charge is 0.274 e. The van der Waals surface area contributed by atoms with Gasteiger partial charge in [-0.15, -0.1) is 0 Å². The summed E-state index contributed by atoms with van der Waals surface area (Å²) in [6, 6.07) is 1.80. The molecule has 2 aliphatic heterocycles. The minimum atomic E-state index is -0.594. The normalized spacial score (nSPS) is 29.6. The number of amides is 1. The van der Waals surface area contributed by atoms with Gasteiger partial charge in [0, 0.05) is 25.4 Å². The van der Waals surface area contributed by atoms with Crippen LogP contribution in [-0.4, -0.2) is 57.1 Å². The zero-order valence-corrected chi connectivity index (χ0v) is 12.0. The lowest BCUT2D eigenvalue weighted by molar-refractivity contribution is -0.0590. The Hall–Kier alpha value is -1.40. The van der Waals surface area contributed by atoms with Crippen LogP contribution >= 0.6 is 0 Å².